The van der Waals surface area contributed by atoms with E-state index in [-0.39, 0.29) is 23.5 Å². The number of hydrogen-bond acceptors (Lipinski definition) is 5. The Hall–Kier alpha value is -2.38. The Morgan fingerprint density at radius 3 is 2.17 bits per heavy atom. The molecule has 0 aliphatic heterocycles. The van der Waals surface area contributed by atoms with Crippen LogP contribution in [-0.4, -0.2) is 53.0 Å². The zero-order chi connectivity index (χ0) is 26.0. The lowest BCUT2D eigenvalue weighted by atomic mass is 9.84. The van der Waals surface area contributed by atoms with Crippen LogP contribution in [0, 0.1) is 23.7 Å². The quantitative estimate of drug-likeness (QED) is 0.426. The summed E-state index contributed by atoms with van der Waals surface area (Å²) in [6.07, 6.45) is 8.30. The zero-order valence-electron chi connectivity index (χ0n) is 22.5. The molecule has 1 aliphatic rings. The minimum absolute atomic E-state index is 0.0337. The molecule has 1 heterocycles. The van der Waals surface area contributed by atoms with Crippen LogP contribution in [0.25, 0.3) is 0 Å². The number of carbonyl (C=O) groups excluding carboxylic acids is 3. The summed E-state index contributed by atoms with van der Waals surface area (Å²) in [6, 6.07) is 0.103. The fourth-order valence-electron chi connectivity index (χ4n) is 4.82. The van der Waals surface area contributed by atoms with Crippen molar-refractivity contribution in [3.8, 4) is 0 Å². The smallest absolute Gasteiger partial charge is 0.290 e. The number of aromatic nitrogens is 1. The number of rotatable bonds is 13. The summed E-state index contributed by atoms with van der Waals surface area (Å²) in [7, 11) is 0. The van der Waals surface area contributed by atoms with Crippen LogP contribution in [0.3, 0.4) is 0 Å². The van der Waals surface area contributed by atoms with Gasteiger partial charge in [0.1, 0.15) is 12.1 Å². The highest BCUT2D eigenvalue weighted by Gasteiger charge is 2.34. The number of hydrogen-bond donors (Lipinski definition) is 2. The molecule has 2 rings (SSSR count). The molecular weight excluding hydrogens is 444 g/mol. The van der Waals surface area contributed by atoms with Crippen molar-refractivity contribution in [3.63, 3.8) is 0 Å². The Bertz CT molecular complexity index is 777. The van der Waals surface area contributed by atoms with Crippen molar-refractivity contribution in [2.24, 2.45) is 23.7 Å². The Morgan fingerprint density at radius 1 is 1.03 bits per heavy atom. The van der Waals surface area contributed by atoms with Crippen molar-refractivity contribution in [3.05, 3.63) is 18.0 Å². The van der Waals surface area contributed by atoms with Crippen molar-refractivity contribution in [1.29, 1.82) is 0 Å². The molecule has 1 aliphatic carbocycles. The lowest BCUT2D eigenvalue weighted by molar-refractivity contribution is -0.139. The first kappa shape index (κ1) is 28.9. The summed E-state index contributed by atoms with van der Waals surface area (Å²) in [5, 5.41) is 9.49. The molecule has 0 radical (unpaired) electrons. The van der Waals surface area contributed by atoms with E-state index in [0.29, 0.717) is 37.3 Å². The van der Waals surface area contributed by atoms with E-state index < -0.39 is 18.0 Å². The van der Waals surface area contributed by atoms with Crippen LogP contribution >= 0.6 is 0 Å². The van der Waals surface area contributed by atoms with Crippen LogP contribution in [0.5, 0.6) is 0 Å². The van der Waals surface area contributed by atoms with Crippen LogP contribution in [0.2, 0.25) is 0 Å². The second-order valence-corrected chi connectivity index (χ2v) is 11.0. The largest absolute Gasteiger partial charge is 0.351 e. The first-order chi connectivity index (χ1) is 16.6. The summed E-state index contributed by atoms with van der Waals surface area (Å²) >= 11 is 0. The normalized spacial score (nSPS) is 17.1. The minimum Gasteiger partial charge on any atom is -0.351 e. The average molecular weight is 491 g/mol. The fourth-order valence-corrected chi connectivity index (χ4v) is 4.82. The molecule has 1 aromatic heterocycles. The molecule has 0 bridgehead atoms. The van der Waals surface area contributed by atoms with E-state index >= 15 is 0 Å². The predicted molar refractivity (Wildman–Crippen MR) is 137 cm³/mol. The van der Waals surface area contributed by atoms with Crippen LogP contribution in [0.15, 0.2) is 16.8 Å². The van der Waals surface area contributed by atoms with Gasteiger partial charge in [0.05, 0.1) is 6.20 Å². The summed E-state index contributed by atoms with van der Waals surface area (Å²) in [4.78, 5) is 41.9. The van der Waals surface area contributed by atoms with Gasteiger partial charge in [0, 0.05) is 19.2 Å². The Labute approximate surface area is 210 Å². The van der Waals surface area contributed by atoms with Crippen LogP contribution in [0.4, 0.5) is 0 Å². The van der Waals surface area contributed by atoms with Gasteiger partial charge in [0.25, 0.3) is 5.91 Å². The topological polar surface area (TPSA) is 105 Å². The zero-order valence-corrected chi connectivity index (χ0v) is 22.5. The van der Waals surface area contributed by atoms with Crippen molar-refractivity contribution < 1.29 is 18.9 Å². The highest BCUT2D eigenvalue weighted by atomic mass is 16.5. The highest BCUT2D eigenvalue weighted by molar-refractivity contribution is 5.96. The van der Waals surface area contributed by atoms with Crippen molar-refractivity contribution in [1.82, 2.24) is 20.7 Å². The van der Waals surface area contributed by atoms with Gasteiger partial charge in [-0.2, -0.15) is 0 Å². The Balaban J connectivity index is 2.22. The Kier molecular flexibility index (Phi) is 11.7. The van der Waals surface area contributed by atoms with Crippen LogP contribution < -0.4 is 10.6 Å². The van der Waals surface area contributed by atoms with Crippen LogP contribution in [0.1, 0.15) is 97.0 Å². The average Bonchev–Trinajstić information content (AvgIpc) is 3.36. The van der Waals surface area contributed by atoms with Gasteiger partial charge < -0.3 is 20.1 Å². The van der Waals surface area contributed by atoms with Gasteiger partial charge in [-0.05, 0) is 30.1 Å². The van der Waals surface area contributed by atoms with E-state index in [9.17, 15) is 14.4 Å². The predicted octanol–water partition coefficient (Wildman–Crippen LogP) is 4.41. The molecule has 0 saturated heterocycles. The highest BCUT2D eigenvalue weighted by Crippen LogP contribution is 2.27. The molecule has 1 saturated carbocycles. The van der Waals surface area contributed by atoms with E-state index in [1.54, 1.807) is 0 Å². The number of carbonyl (C=O) groups is 3. The molecule has 1 aromatic rings. The van der Waals surface area contributed by atoms with Gasteiger partial charge in [0.2, 0.25) is 17.6 Å². The van der Waals surface area contributed by atoms with Crippen molar-refractivity contribution in [2.75, 3.05) is 13.1 Å². The molecule has 0 unspecified atom stereocenters. The third kappa shape index (κ3) is 9.30. The molecule has 0 aromatic carbocycles. The maximum Gasteiger partial charge on any atom is 0.290 e. The monoisotopic (exact) mass is 490 g/mol. The molecule has 0 spiro atoms. The summed E-state index contributed by atoms with van der Waals surface area (Å²) < 4.78 is 4.99. The molecule has 8 nitrogen and oxygen atoms in total. The number of amides is 3. The minimum atomic E-state index is -0.737. The second-order valence-electron chi connectivity index (χ2n) is 11.0. The van der Waals surface area contributed by atoms with E-state index in [1.807, 2.05) is 18.7 Å². The summed E-state index contributed by atoms with van der Waals surface area (Å²) in [5.74, 6) is 0.230. The maximum absolute atomic E-state index is 13.7. The van der Waals surface area contributed by atoms with E-state index in [1.165, 1.54) is 18.7 Å². The fraction of sp³-hybridized carbons (Fsp3) is 0.778. The van der Waals surface area contributed by atoms with Gasteiger partial charge in [-0.1, -0.05) is 85.2 Å². The van der Waals surface area contributed by atoms with Gasteiger partial charge in [-0.25, -0.2) is 0 Å². The molecular formula is C27H46N4O4. The lowest BCUT2D eigenvalue weighted by Gasteiger charge is -2.34. The number of nitrogens with zero attached hydrogens (tertiary/aromatic N) is 2. The third-order valence-corrected chi connectivity index (χ3v) is 6.84. The molecule has 3 amide bonds. The third-order valence-electron chi connectivity index (χ3n) is 6.84. The standard InChI is InChI=1S/C27H46N4O4/c1-7-20(6)24(27(34)31(16-18(2)3)17-19(4)5)30-25(32)22(15-21-11-9-8-10-12-21)29-26(33)23-13-14-28-35-23/h13-14,18-22,24H,7-12,15-17H2,1-6H3,(H,29,33)(H,30,32)/t20-,22-,24-/m0/s1. The van der Waals surface area contributed by atoms with E-state index in [4.69, 9.17) is 4.52 Å². The molecule has 198 valence electrons. The molecule has 8 heteroatoms. The first-order valence-corrected chi connectivity index (χ1v) is 13.4. The van der Waals surface area contributed by atoms with E-state index in [2.05, 4.69) is 43.5 Å². The summed E-state index contributed by atoms with van der Waals surface area (Å²) in [5.41, 5.74) is 0. The van der Waals surface area contributed by atoms with Gasteiger partial charge in [0.15, 0.2) is 0 Å². The number of nitrogens with one attached hydrogen (secondary N) is 2. The van der Waals surface area contributed by atoms with Crippen molar-refractivity contribution in [2.45, 2.75) is 98.6 Å². The molecule has 1 fully saturated rings. The Morgan fingerprint density at radius 2 is 1.66 bits per heavy atom. The molecule has 2 N–H and O–H groups in total. The van der Waals surface area contributed by atoms with Gasteiger partial charge in [-0.3, -0.25) is 14.4 Å². The first-order valence-electron chi connectivity index (χ1n) is 13.4. The van der Waals surface area contributed by atoms with Gasteiger partial charge >= 0.3 is 0 Å². The second kappa shape index (κ2) is 14.2. The maximum atomic E-state index is 13.7. The summed E-state index contributed by atoms with van der Waals surface area (Å²) in [6.45, 7) is 13.7. The van der Waals surface area contributed by atoms with Crippen molar-refractivity contribution >= 4 is 17.7 Å². The van der Waals surface area contributed by atoms with Crippen LogP contribution in [-0.2, 0) is 9.59 Å². The lowest BCUT2D eigenvalue weighted by Crippen LogP contribution is -2.57. The SMILES string of the molecule is CC[C@H](C)[C@H](NC(=O)[C@H](CC1CCCCC1)NC(=O)c1ccno1)C(=O)N(CC(C)C)CC(C)C. The van der Waals surface area contributed by atoms with Gasteiger partial charge in [-0.15, -0.1) is 0 Å². The van der Waals surface area contributed by atoms with E-state index in [0.717, 1.165) is 32.1 Å². The molecule has 35 heavy (non-hydrogen) atoms. The molecule has 3 atom stereocenters.